The van der Waals surface area contributed by atoms with Gasteiger partial charge >= 0.3 is 0 Å². The molecule has 0 aliphatic heterocycles. The molecule has 76 valence electrons. The molecule has 1 aromatic carbocycles. The second kappa shape index (κ2) is 3.53. The molecule has 5 nitrogen and oxygen atoms in total. The van der Waals surface area contributed by atoms with Crippen molar-refractivity contribution in [1.82, 2.24) is 4.57 Å². The number of fused-ring (bicyclic) bond motifs is 1. The number of nitro benzene ring substituents is 1. The first-order chi connectivity index (χ1) is 7.22. The Morgan fingerprint density at radius 2 is 2.20 bits per heavy atom. The number of carbonyl (C=O) groups is 1. The van der Waals surface area contributed by atoms with Gasteiger partial charge in [-0.05, 0) is 12.1 Å². The van der Waals surface area contributed by atoms with Gasteiger partial charge in [-0.2, -0.15) is 0 Å². The number of hydrogen-bond donors (Lipinski definition) is 0. The van der Waals surface area contributed by atoms with Crippen molar-refractivity contribution in [2.75, 3.05) is 0 Å². The standard InChI is InChI=1S/C10H8N2O3/c13-6-5-11-4-3-8-1-2-9(12(14)15)7-10(8)11/h1-4,6-7H,5H2. The van der Waals surface area contributed by atoms with Crippen molar-refractivity contribution >= 4 is 22.9 Å². The van der Waals surface area contributed by atoms with Gasteiger partial charge in [0.1, 0.15) is 6.29 Å². The molecule has 0 unspecified atom stereocenters. The Balaban J connectivity index is 2.60. The van der Waals surface area contributed by atoms with Gasteiger partial charge in [-0.15, -0.1) is 0 Å². The lowest BCUT2D eigenvalue weighted by Gasteiger charge is -1.98. The fourth-order valence-corrected chi connectivity index (χ4v) is 1.53. The monoisotopic (exact) mass is 204 g/mol. The molecule has 1 aromatic heterocycles. The van der Waals surface area contributed by atoms with Crippen LogP contribution in [0.4, 0.5) is 5.69 Å². The molecule has 2 rings (SSSR count). The van der Waals surface area contributed by atoms with E-state index in [9.17, 15) is 14.9 Å². The normalized spacial score (nSPS) is 10.4. The second-order valence-electron chi connectivity index (χ2n) is 3.13. The third kappa shape index (κ3) is 1.59. The number of aldehydes is 1. The highest BCUT2D eigenvalue weighted by Gasteiger charge is 2.08. The Morgan fingerprint density at radius 3 is 2.87 bits per heavy atom. The van der Waals surface area contributed by atoms with Gasteiger partial charge in [-0.3, -0.25) is 10.1 Å². The average Bonchev–Trinajstić information content (AvgIpc) is 2.61. The van der Waals surface area contributed by atoms with Gasteiger partial charge in [0.15, 0.2) is 0 Å². The zero-order valence-electron chi connectivity index (χ0n) is 7.79. The molecule has 0 fully saturated rings. The van der Waals surface area contributed by atoms with E-state index in [0.29, 0.717) is 5.52 Å². The van der Waals surface area contributed by atoms with Gasteiger partial charge in [0.2, 0.25) is 0 Å². The van der Waals surface area contributed by atoms with Gasteiger partial charge in [-0.1, -0.05) is 0 Å². The van der Waals surface area contributed by atoms with Gasteiger partial charge in [0.25, 0.3) is 5.69 Å². The topological polar surface area (TPSA) is 65.1 Å². The highest BCUT2D eigenvalue weighted by atomic mass is 16.6. The molecular formula is C10H8N2O3. The summed E-state index contributed by atoms with van der Waals surface area (Å²) in [7, 11) is 0. The molecule has 0 aliphatic rings. The number of aromatic nitrogens is 1. The Kier molecular flexibility index (Phi) is 2.21. The van der Waals surface area contributed by atoms with Crippen molar-refractivity contribution in [3.63, 3.8) is 0 Å². The summed E-state index contributed by atoms with van der Waals surface area (Å²) in [5.74, 6) is 0. The summed E-state index contributed by atoms with van der Waals surface area (Å²) >= 11 is 0. The Bertz CT molecular complexity index is 530. The molecule has 0 N–H and O–H groups in total. The average molecular weight is 204 g/mol. The number of rotatable bonds is 3. The maximum atomic E-state index is 10.6. The molecular weight excluding hydrogens is 196 g/mol. The van der Waals surface area contributed by atoms with Crippen LogP contribution in [0.25, 0.3) is 10.9 Å². The summed E-state index contributed by atoms with van der Waals surface area (Å²) < 4.78 is 1.68. The summed E-state index contributed by atoms with van der Waals surface area (Å²) in [6.07, 6.45) is 2.50. The summed E-state index contributed by atoms with van der Waals surface area (Å²) in [6, 6.07) is 6.42. The van der Waals surface area contributed by atoms with Crippen molar-refractivity contribution in [2.45, 2.75) is 6.54 Å². The minimum atomic E-state index is -0.447. The second-order valence-corrected chi connectivity index (χ2v) is 3.13. The number of nitro groups is 1. The predicted octanol–water partition coefficient (Wildman–Crippen LogP) is 1.75. The lowest BCUT2D eigenvalue weighted by Crippen LogP contribution is -1.96. The SMILES string of the molecule is O=CCn1ccc2ccc([N+](=O)[O-])cc21. The molecule has 0 radical (unpaired) electrons. The lowest BCUT2D eigenvalue weighted by molar-refractivity contribution is -0.384. The summed E-state index contributed by atoms with van der Waals surface area (Å²) in [5, 5.41) is 11.5. The molecule has 0 amide bonds. The molecule has 15 heavy (non-hydrogen) atoms. The molecule has 5 heteroatoms. The number of carbonyl (C=O) groups excluding carboxylic acids is 1. The Labute approximate surface area is 85.1 Å². The van der Waals surface area contributed by atoms with Crippen molar-refractivity contribution in [1.29, 1.82) is 0 Å². The Morgan fingerprint density at radius 1 is 1.40 bits per heavy atom. The summed E-state index contributed by atoms with van der Waals surface area (Å²) in [4.78, 5) is 20.5. The number of non-ortho nitro benzene ring substituents is 1. The Hall–Kier alpha value is -2.17. The van der Waals surface area contributed by atoms with E-state index in [1.54, 1.807) is 16.8 Å². The maximum absolute atomic E-state index is 10.6. The van der Waals surface area contributed by atoms with Crippen LogP contribution in [-0.2, 0) is 11.3 Å². The van der Waals surface area contributed by atoms with Crippen LogP contribution in [-0.4, -0.2) is 15.8 Å². The van der Waals surface area contributed by atoms with Crippen LogP contribution in [0.1, 0.15) is 0 Å². The van der Waals surface area contributed by atoms with Crippen LogP contribution < -0.4 is 0 Å². The van der Waals surface area contributed by atoms with E-state index in [4.69, 9.17) is 0 Å². The van der Waals surface area contributed by atoms with E-state index in [1.807, 2.05) is 6.07 Å². The third-order valence-corrected chi connectivity index (χ3v) is 2.24. The van der Waals surface area contributed by atoms with Crippen molar-refractivity contribution < 1.29 is 9.72 Å². The highest BCUT2D eigenvalue weighted by Crippen LogP contribution is 2.21. The first kappa shape index (κ1) is 9.39. The number of hydrogen-bond acceptors (Lipinski definition) is 3. The zero-order chi connectivity index (χ0) is 10.8. The molecule has 0 saturated heterocycles. The highest BCUT2D eigenvalue weighted by molar-refractivity contribution is 5.83. The quantitative estimate of drug-likeness (QED) is 0.434. The predicted molar refractivity (Wildman–Crippen MR) is 54.7 cm³/mol. The van der Waals surface area contributed by atoms with Crippen molar-refractivity contribution in [3.8, 4) is 0 Å². The zero-order valence-corrected chi connectivity index (χ0v) is 7.79. The van der Waals surface area contributed by atoms with Crippen LogP contribution >= 0.6 is 0 Å². The largest absolute Gasteiger partial charge is 0.340 e. The van der Waals surface area contributed by atoms with Crippen LogP contribution in [0.2, 0.25) is 0 Å². The van der Waals surface area contributed by atoms with E-state index in [2.05, 4.69) is 0 Å². The molecule has 0 spiro atoms. The maximum Gasteiger partial charge on any atom is 0.271 e. The number of nitrogens with zero attached hydrogens (tertiary/aromatic N) is 2. The van der Waals surface area contributed by atoms with E-state index in [-0.39, 0.29) is 12.2 Å². The van der Waals surface area contributed by atoms with Gasteiger partial charge < -0.3 is 9.36 Å². The summed E-state index contributed by atoms with van der Waals surface area (Å²) in [6.45, 7) is 0.213. The van der Waals surface area contributed by atoms with Gasteiger partial charge in [0, 0.05) is 23.7 Å². The van der Waals surface area contributed by atoms with E-state index in [1.165, 1.54) is 12.1 Å². The minimum absolute atomic E-state index is 0.0355. The fraction of sp³-hybridized carbons (Fsp3) is 0.100. The number of benzene rings is 1. The van der Waals surface area contributed by atoms with Gasteiger partial charge in [-0.25, -0.2) is 0 Å². The van der Waals surface area contributed by atoms with Crippen LogP contribution in [0.15, 0.2) is 30.5 Å². The van der Waals surface area contributed by atoms with E-state index >= 15 is 0 Å². The van der Waals surface area contributed by atoms with Crippen molar-refractivity contribution in [2.24, 2.45) is 0 Å². The fourth-order valence-electron chi connectivity index (χ4n) is 1.53. The first-order valence-corrected chi connectivity index (χ1v) is 4.39. The molecule has 0 atom stereocenters. The van der Waals surface area contributed by atoms with Crippen LogP contribution in [0.5, 0.6) is 0 Å². The first-order valence-electron chi connectivity index (χ1n) is 4.39. The minimum Gasteiger partial charge on any atom is -0.340 e. The molecule has 1 heterocycles. The van der Waals surface area contributed by atoms with Crippen LogP contribution in [0, 0.1) is 10.1 Å². The van der Waals surface area contributed by atoms with Gasteiger partial charge in [0.05, 0.1) is 17.0 Å². The van der Waals surface area contributed by atoms with Crippen LogP contribution in [0.3, 0.4) is 0 Å². The van der Waals surface area contributed by atoms with E-state index in [0.717, 1.165) is 11.7 Å². The third-order valence-electron chi connectivity index (χ3n) is 2.24. The molecule has 2 aromatic rings. The summed E-state index contributed by atoms with van der Waals surface area (Å²) in [5.41, 5.74) is 0.740. The van der Waals surface area contributed by atoms with E-state index < -0.39 is 4.92 Å². The molecule has 0 bridgehead atoms. The molecule has 0 saturated carbocycles. The smallest absolute Gasteiger partial charge is 0.271 e. The molecule has 0 aliphatic carbocycles. The lowest BCUT2D eigenvalue weighted by atomic mass is 10.2. The van der Waals surface area contributed by atoms with Crippen molar-refractivity contribution in [3.05, 3.63) is 40.6 Å².